The lowest BCUT2D eigenvalue weighted by Crippen LogP contribution is -2.41. The monoisotopic (exact) mass is 330 g/mol. The molecule has 0 heteroatoms. The standard InChI is InChI=1S/C25H30/c1-18-3-7-22(8-4-18)24-11-12-25(23-9-5-19(2)6-10-23)16-20(14-24)13-21(15-24)17-25/h3-10,20-21H,11-17H2,1-2H3. The third kappa shape index (κ3) is 2.48. The van der Waals surface area contributed by atoms with Crippen LogP contribution in [0.3, 0.4) is 0 Å². The van der Waals surface area contributed by atoms with Gasteiger partial charge in [-0.2, -0.15) is 0 Å². The maximum Gasteiger partial charge on any atom is -0.00414 e. The molecular formula is C25H30. The molecule has 0 radical (unpaired) electrons. The molecule has 4 fully saturated rings. The maximum atomic E-state index is 2.44. The van der Waals surface area contributed by atoms with Crippen LogP contribution in [0.4, 0.5) is 0 Å². The Morgan fingerprint density at radius 1 is 0.600 bits per heavy atom. The Balaban J connectivity index is 1.55. The van der Waals surface area contributed by atoms with Crippen LogP contribution in [0.1, 0.15) is 67.2 Å². The molecule has 0 saturated heterocycles. The predicted molar refractivity (Wildman–Crippen MR) is 105 cm³/mol. The molecule has 2 aromatic rings. The zero-order chi connectivity index (χ0) is 17.1. The van der Waals surface area contributed by atoms with Gasteiger partial charge in [0.1, 0.15) is 0 Å². The van der Waals surface area contributed by atoms with Crippen molar-refractivity contribution in [3.05, 3.63) is 70.8 Å². The van der Waals surface area contributed by atoms with Gasteiger partial charge in [0.2, 0.25) is 0 Å². The lowest BCUT2D eigenvalue weighted by atomic mass is 9.56. The molecular weight excluding hydrogens is 300 g/mol. The summed E-state index contributed by atoms with van der Waals surface area (Å²) >= 11 is 0. The smallest absolute Gasteiger partial charge is 0.00414 e. The maximum absolute atomic E-state index is 2.44. The summed E-state index contributed by atoms with van der Waals surface area (Å²) < 4.78 is 0. The third-order valence-corrected chi connectivity index (χ3v) is 7.79. The molecule has 0 aliphatic heterocycles. The van der Waals surface area contributed by atoms with Crippen LogP contribution in [-0.4, -0.2) is 0 Å². The van der Waals surface area contributed by atoms with Gasteiger partial charge in [-0.05, 0) is 92.6 Å². The highest BCUT2D eigenvalue weighted by atomic mass is 14.6. The molecule has 0 heterocycles. The molecule has 130 valence electrons. The number of hydrogen-bond donors (Lipinski definition) is 0. The second kappa shape index (κ2) is 5.47. The van der Waals surface area contributed by atoms with E-state index in [1.165, 1.54) is 56.1 Å². The van der Waals surface area contributed by atoms with Gasteiger partial charge < -0.3 is 0 Å². The van der Waals surface area contributed by atoms with E-state index in [4.69, 9.17) is 0 Å². The number of rotatable bonds is 2. The summed E-state index contributed by atoms with van der Waals surface area (Å²) in [6.07, 6.45) is 9.98. The summed E-state index contributed by atoms with van der Waals surface area (Å²) in [5.41, 5.74) is 6.97. The van der Waals surface area contributed by atoms with Crippen LogP contribution in [0, 0.1) is 25.7 Å². The lowest BCUT2D eigenvalue weighted by molar-refractivity contribution is 0.0969. The van der Waals surface area contributed by atoms with Gasteiger partial charge in [-0.15, -0.1) is 0 Å². The van der Waals surface area contributed by atoms with E-state index in [2.05, 4.69) is 62.4 Å². The first-order valence-electron chi connectivity index (χ1n) is 10.2. The molecule has 4 aliphatic carbocycles. The molecule has 4 bridgehead atoms. The van der Waals surface area contributed by atoms with Crippen LogP contribution in [0.25, 0.3) is 0 Å². The first-order valence-corrected chi connectivity index (χ1v) is 10.2. The zero-order valence-electron chi connectivity index (χ0n) is 15.7. The van der Waals surface area contributed by atoms with Gasteiger partial charge in [0.25, 0.3) is 0 Å². The SMILES string of the molecule is Cc1ccc(C23CCC4(c5ccc(C)cc5)CC(CC(C2)C4)C3)cc1. The van der Waals surface area contributed by atoms with Crippen molar-refractivity contribution in [2.24, 2.45) is 11.8 Å². The Kier molecular flexibility index (Phi) is 3.43. The Morgan fingerprint density at radius 3 is 1.32 bits per heavy atom. The van der Waals surface area contributed by atoms with Gasteiger partial charge in [0.05, 0.1) is 0 Å². The van der Waals surface area contributed by atoms with E-state index in [9.17, 15) is 0 Å². The van der Waals surface area contributed by atoms with Gasteiger partial charge in [-0.25, -0.2) is 0 Å². The minimum atomic E-state index is 0.463. The lowest BCUT2D eigenvalue weighted by Gasteiger charge is -2.49. The van der Waals surface area contributed by atoms with Crippen LogP contribution >= 0.6 is 0 Å². The molecule has 4 aliphatic rings. The minimum Gasteiger partial charge on any atom is -0.0590 e. The van der Waals surface area contributed by atoms with Crippen molar-refractivity contribution in [3.63, 3.8) is 0 Å². The second-order valence-electron chi connectivity index (χ2n) is 9.58. The Morgan fingerprint density at radius 2 is 0.960 bits per heavy atom. The summed E-state index contributed by atoms with van der Waals surface area (Å²) in [6, 6.07) is 19.1. The molecule has 0 unspecified atom stereocenters. The molecule has 4 saturated carbocycles. The molecule has 0 nitrogen and oxygen atoms in total. The topological polar surface area (TPSA) is 0 Å². The molecule has 0 aromatic heterocycles. The largest absolute Gasteiger partial charge is 0.0590 e. The highest BCUT2D eigenvalue weighted by Gasteiger charge is 2.54. The summed E-state index contributed by atoms with van der Waals surface area (Å²) in [6.45, 7) is 4.42. The van der Waals surface area contributed by atoms with E-state index in [1.54, 1.807) is 11.1 Å². The van der Waals surface area contributed by atoms with Crippen LogP contribution in [0.2, 0.25) is 0 Å². The van der Waals surface area contributed by atoms with E-state index >= 15 is 0 Å². The number of benzene rings is 2. The molecule has 0 N–H and O–H groups in total. The van der Waals surface area contributed by atoms with Gasteiger partial charge in [-0.1, -0.05) is 59.7 Å². The van der Waals surface area contributed by atoms with E-state index < -0.39 is 0 Å². The fourth-order valence-corrected chi connectivity index (χ4v) is 6.79. The number of aryl methyl sites for hydroxylation is 2. The summed E-state index contributed by atoms with van der Waals surface area (Å²) in [4.78, 5) is 0. The van der Waals surface area contributed by atoms with Gasteiger partial charge in [-0.3, -0.25) is 0 Å². The van der Waals surface area contributed by atoms with Gasteiger partial charge in [0, 0.05) is 0 Å². The molecule has 0 amide bonds. The number of hydrogen-bond acceptors (Lipinski definition) is 0. The van der Waals surface area contributed by atoms with Crippen molar-refractivity contribution in [1.29, 1.82) is 0 Å². The molecule has 25 heavy (non-hydrogen) atoms. The van der Waals surface area contributed by atoms with Crippen LogP contribution in [0.15, 0.2) is 48.5 Å². The van der Waals surface area contributed by atoms with E-state index in [1.807, 2.05) is 0 Å². The summed E-state index contributed by atoms with van der Waals surface area (Å²) in [7, 11) is 0. The Labute approximate surface area is 152 Å². The van der Waals surface area contributed by atoms with Crippen LogP contribution in [0.5, 0.6) is 0 Å². The van der Waals surface area contributed by atoms with Crippen LogP contribution < -0.4 is 0 Å². The minimum absolute atomic E-state index is 0.463. The number of fused-ring (bicyclic) bond motifs is 1. The highest BCUT2D eigenvalue weighted by Crippen LogP contribution is 2.62. The highest BCUT2D eigenvalue weighted by molar-refractivity contribution is 5.35. The van der Waals surface area contributed by atoms with Crippen molar-refractivity contribution in [2.45, 2.75) is 69.6 Å². The Hall–Kier alpha value is -1.56. The predicted octanol–water partition coefficient (Wildman–Crippen LogP) is 6.48. The molecule has 0 atom stereocenters. The average Bonchev–Trinajstić information content (AvgIpc) is 2.79. The van der Waals surface area contributed by atoms with E-state index in [-0.39, 0.29) is 0 Å². The third-order valence-electron chi connectivity index (χ3n) is 7.79. The van der Waals surface area contributed by atoms with Crippen molar-refractivity contribution >= 4 is 0 Å². The first-order chi connectivity index (χ1) is 12.1. The van der Waals surface area contributed by atoms with Gasteiger partial charge >= 0.3 is 0 Å². The van der Waals surface area contributed by atoms with Crippen LogP contribution in [-0.2, 0) is 10.8 Å². The van der Waals surface area contributed by atoms with Crippen molar-refractivity contribution in [2.75, 3.05) is 0 Å². The summed E-state index contributed by atoms with van der Waals surface area (Å²) in [5, 5.41) is 0. The summed E-state index contributed by atoms with van der Waals surface area (Å²) in [5.74, 6) is 1.86. The first kappa shape index (κ1) is 15.7. The van der Waals surface area contributed by atoms with E-state index in [0.717, 1.165) is 11.8 Å². The molecule has 6 rings (SSSR count). The molecule has 2 aromatic carbocycles. The quantitative estimate of drug-likeness (QED) is 0.591. The van der Waals surface area contributed by atoms with Crippen molar-refractivity contribution in [1.82, 2.24) is 0 Å². The fourth-order valence-electron chi connectivity index (χ4n) is 6.79. The normalized spacial score (nSPS) is 36.4. The van der Waals surface area contributed by atoms with Gasteiger partial charge in [0.15, 0.2) is 0 Å². The van der Waals surface area contributed by atoms with E-state index in [0.29, 0.717) is 10.8 Å². The van der Waals surface area contributed by atoms with Crippen molar-refractivity contribution < 1.29 is 0 Å². The average molecular weight is 331 g/mol. The molecule has 0 spiro atoms. The Bertz CT molecular complexity index is 685. The second-order valence-corrected chi connectivity index (χ2v) is 9.58. The fraction of sp³-hybridized carbons (Fsp3) is 0.520. The zero-order valence-corrected chi connectivity index (χ0v) is 15.7. The van der Waals surface area contributed by atoms with Crippen molar-refractivity contribution in [3.8, 4) is 0 Å².